The summed E-state index contributed by atoms with van der Waals surface area (Å²) in [6, 6.07) is 2.09. The third-order valence-electron chi connectivity index (χ3n) is 3.54. The highest BCUT2D eigenvalue weighted by Gasteiger charge is 2.14. The molecular weight excluding hydrogens is 262 g/mol. The van der Waals surface area contributed by atoms with Gasteiger partial charge >= 0.3 is 0 Å². The number of hydrogen-bond donors (Lipinski definition) is 1. The molecule has 122 valence electrons. The van der Waals surface area contributed by atoms with Crippen LogP contribution in [0.4, 0.5) is 0 Å². The molecule has 0 radical (unpaired) electrons. The summed E-state index contributed by atoms with van der Waals surface area (Å²) in [6.07, 6.45) is 3.00. The summed E-state index contributed by atoms with van der Waals surface area (Å²) in [5, 5.41) is 3.53. The van der Waals surface area contributed by atoms with E-state index in [0.29, 0.717) is 0 Å². The van der Waals surface area contributed by atoms with Gasteiger partial charge in [-0.3, -0.25) is 4.90 Å². The Bertz CT molecular complexity index is 393. The Morgan fingerprint density at radius 3 is 2.48 bits per heavy atom. The molecule has 0 amide bonds. The minimum absolute atomic E-state index is 0.130. The van der Waals surface area contributed by atoms with Crippen LogP contribution in [0, 0.1) is 0 Å². The Kier molecular flexibility index (Phi) is 7.43. The first-order valence-electron chi connectivity index (χ1n) is 7.99. The summed E-state index contributed by atoms with van der Waals surface area (Å²) < 4.78 is 5.70. The lowest BCUT2D eigenvalue weighted by molar-refractivity contribution is 0.239. The van der Waals surface area contributed by atoms with E-state index in [9.17, 15) is 0 Å². The van der Waals surface area contributed by atoms with Crippen LogP contribution in [0.15, 0.2) is 16.7 Å². The van der Waals surface area contributed by atoms with Crippen LogP contribution in [-0.4, -0.2) is 49.1 Å². The highest BCUT2D eigenvalue weighted by Crippen LogP contribution is 2.15. The fourth-order valence-electron chi connectivity index (χ4n) is 2.19. The Morgan fingerprint density at radius 1 is 1.19 bits per heavy atom. The van der Waals surface area contributed by atoms with E-state index in [2.05, 4.69) is 63.0 Å². The predicted molar refractivity (Wildman–Crippen MR) is 89.4 cm³/mol. The second kappa shape index (κ2) is 8.57. The lowest BCUT2D eigenvalue weighted by atomic mass is 10.1. The highest BCUT2D eigenvalue weighted by atomic mass is 16.3. The number of nitrogens with zero attached hydrogens (tertiary/aromatic N) is 2. The third kappa shape index (κ3) is 7.65. The zero-order valence-corrected chi connectivity index (χ0v) is 14.7. The van der Waals surface area contributed by atoms with E-state index in [-0.39, 0.29) is 5.54 Å². The largest absolute Gasteiger partial charge is 0.468 e. The number of rotatable bonds is 9. The van der Waals surface area contributed by atoms with Crippen molar-refractivity contribution < 1.29 is 4.42 Å². The van der Waals surface area contributed by atoms with Gasteiger partial charge in [-0.05, 0) is 67.0 Å². The van der Waals surface area contributed by atoms with Crippen molar-refractivity contribution in [2.45, 2.75) is 52.7 Å². The van der Waals surface area contributed by atoms with Crippen molar-refractivity contribution in [3.63, 3.8) is 0 Å². The van der Waals surface area contributed by atoms with Crippen molar-refractivity contribution in [1.82, 2.24) is 15.1 Å². The molecule has 0 saturated heterocycles. The van der Waals surface area contributed by atoms with Crippen molar-refractivity contribution >= 4 is 0 Å². The van der Waals surface area contributed by atoms with Gasteiger partial charge in [0.2, 0.25) is 0 Å². The first-order valence-corrected chi connectivity index (χ1v) is 7.99. The Morgan fingerprint density at radius 2 is 1.90 bits per heavy atom. The van der Waals surface area contributed by atoms with E-state index in [0.717, 1.165) is 38.5 Å². The molecular formula is C17H33N3O. The molecule has 1 N–H and O–H groups in total. The van der Waals surface area contributed by atoms with Crippen molar-refractivity contribution in [1.29, 1.82) is 0 Å². The van der Waals surface area contributed by atoms with Gasteiger partial charge in [-0.15, -0.1) is 0 Å². The normalized spacial score (nSPS) is 12.6. The maximum atomic E-state index is 5.70. The van der Waals surface area contributed by atoms with Crippen LogP contribution >= 0.6 is 0 Å². The average Bonchev–Trinajstić information content (AvgIpc) is 2.81. The average molecular weight is 295 g/mol. The van der Waals surface area contributed by atoms with Gasteiger partial charge in [-0.25, -0.2) is 0 Å². The van der Waals surface area contributed by atoms with Gasteiger partial charge in [-0.1, -0.05) is 6.92 Å². The topological polar surface area (TPSA) is 31.6 Å². The summed E-state index contributed by atoms with van der Waals surface area (Å²) in [5.41, 5.74) is 1.40. The van der Waals surface area contributed by atoms with E-state index in [4.69, 9.17) is 4.42 Å². The summed E-state index contributed by atoms with van der Waals surface area (Å²) in [4.78, 5) is 4.68. The van der Waals surface area contributed by atoms with Crippen molar-refractivity contribution in [2.75, 3.05) is 33.7 Å². The molecule has 0 aliphatic rings. The van der Waals surface area contributed by atoms with Crippen LogP contribution in [0.1, 0.15) is 45.4 Å². The molecule has 0 atom stereocenters. The van der Waals surface area contributed by atoms with Gasteiger partial charge in [0.25, 0.3) is 0 Å². The molecule has 1 heterocycles. The molecule has 4 heteroatoms. The summed E-state index contributed by atoms with van der Waals surface area (Å²) in [6.45, 7) is 13.8. The second-order valence-electron chi connectivity index (χ2n) is 7.00. The first kappa shape index (κ1) is 18.2. The Hall–Kier alpha value is -0.840. The van der Waals surface area contributed by atoms with E-state index >= 15 is 0 Å². The SMILES string of the molecule is CCN(CCCN(C)C)Cc1occc1CNC(C)(C)C. The number of nitrogens with one attached hydrogen (secondary N) is 1. The van der Waals surface area contributed by atoms with Gasteiger partial charge < -0.3 is 14.6 Å². The van der Waals surface area contributed by atoms with Gasteiger partial charge in [0.05, 0.1) is 12.8 Å². The van der Waals surface area contributed by atoms with E-state index in [1.54, 1.807) is 0 Å². The third-order valence-corrected chi connectivity index (χ3v) is 3.54. The molecule has 4 nitrogen and oxygen atoms in total. The highest BCUT2D eigenvalue weighted by molar-refractivity contribution is 5.17. The van der Waals surface area contributed by atoms with E-state index < -0.39 is 0 Å². The summed E-state index contributed by atoms with van der Waals surface area (Å²) in [7, 11) is 4.25. The molecule has 21 heavy (non-hydrogen) atoms. The van der Waals surface area contributed by atoms with Crippen LogP contribution in [-0.2, 0) is 13.1 Å². The van der Waals surface area contributed by atoms with Gasteiger partial charge in [0, 0.05) is 17.6 Å². The zero-order chi connectivity index (χ0) is 15.9. The molecule has 1 rings (SSSR count). The molecule has 1 aromatic rings. The lowest BCUT2D eigenvalue weighted by Crippen LogP contribution is -2.35. The molecule has 0 aliphatic carbocycles. The molecule has 0 spiro atoms. The van der Waals surface area contributed by atoms with Crippen LogP contribution < -0.4 is 5.32 Å². The number of hydrogen-bond acceptors (Lipinski definition) is 4. The van der Waals surface area contributed by atoms with Crippen molar-refractivity contribution in [3.05, 3.63) is 23.7 Å². The molecule has 1 aromatic heterocycles. The fourth-order valence-corrected chi connectivity index (χ4v) is 2.19. The van der Waals surface area contributed by atoms with E-state index in [1.807, 2.05) is 6.26 Å². The Balaban J connectivity index is 2.50. The molecule has 0 aliphatic heterocycles. The maximum absolute atomic E-state index is 5.70. The predicted octanol–water partition coefficient (Wildman–Crippen LogP) is 2.94. The van der Waals surface area contributed by atoms with Crippen LogP contribution in [0.3, 0.4) is 0 Å². The maximum Gasteiger partial charge on any atom is 0.122 e. The first-order chi connectivity index (χ1) is 9.81. The minimum atomic E-state index is 0.130. The molecule has 0 aromatic carbocycles. The van der Waals surface area contributed by atoms with Gasteiger partial charge in [0.15, 0.2) is 0 Å². The van der Waals surface area contributed by atoms with Crippen molar-refractivity contribution in [3.8, 4) is 0 Å². The second-order valence-corrected chi connectivity index (χ2v) is 7.00. The van der Waals surface area contributed by atoms with Crippen LogP contribution in [0.2, 0.25) is 0 Å². The smallest absolute Gasteiger partial charge is 0.122 e. The van der Waals surface area contributed by atoms with Crippen molar-refractivity contribution in [2.24, 2.45) is 0 Å². The number of furan rings is 1. The standard InChI is InChI=1S/C17H33N3O/c1-7-20(11-8-10-19(5)6)14-16-15(9-12-21-16)13-18-17(2,3)4/h9,12,18H,7-8,10-11,13-14H2,1-6H3. The van der Waals surface area contributed by atoms with Gasteiger partial charge in [0.1, 0.15) is 5.76 Å². The molecule has 0 unspecified atom stereocenters. The van der Waals surface area contributed by atoms with E-state index in [1.165, 1.54) is 12.0 Å². The monoisotopic (exact) mass is 295 g/mol. The van der Waals surface area contributed by atoms with Gasteiger partial charge in [-0.2, -0.15) is 0 Å². The summed E-state index contributed by atoms with van der Waals surface area (Å²) in [5.74, 6) is 1.10. The molecule has 0 fully saturated rings. The lowest BCUT2D eigenvalue weighted by Gasteiger charge is -2.22. The molecule has 0 saturated carbocycles. The summed E-state index contributed by atoms with van der Waals surface area (Å²) >= 11 is 0. The minimum Gasteiger partial charge on any atom is -0.468 e. The Labute approximate surface area is 130 Å². The quantitative estimate of drug-likeness (QED) is 0.759. The zero-order valence-electron chi connectivity index (χ0n) is 14.7. The van der Waals surface area contributed by atoms with Crippen LogP contribution in [0.5, 0.6) is 0 Å². The fraction of sp³-hybridized carbons (Fsp3) is 0.765. The molecule has 0 bridgehead atoms. The van der Waals surface area contributed by atoms with Crippen LogP contribution in [0.25, 0.3) is 0 Å².